The van der Waals surface area contributed by atoms with Crippen LogP contribution in [-0.4, -0.2) is 4.57 Å². The summed E-state index contributed by atoms with van der Waals surface area (Å²) in [6.07, 6.45) is 9.11. The van der Waals surface area contributed by atoms with Gasteiger partial charge >= 0.3 is 0 Å². The van der Waals surface area contributed by atoms with E-state index in [0.717, 1.165) is 17.4 Å². The minimum Gasteiger partial charge on any atom is -0.347 e. The van der Waals surface area contributed by atoms with Gasteiger partial charge in [0.1, 0.15) is 0 Å². The van der Waals surface area contributed by atoms with Gasteiger partial charge in [-0.3, -0.25) is 0 Å². The largest absolute Gasteiger partial charge is 0.347 e. The smallest absolute Gasteiger partial charge is 0.0481 e. The van der Waals surface area contributed by atoms with E-state index in [4.69, 9.17) is 0 Å². The highest BCUT2D eigenvalue weighted by molar-refractivity contribution is 9.10. The average molecular weight is 292 g/mol. The van der Waals surface area contributed by atoms with Crippen molar-refractivity contribution in [3.8, 4) is 0 Å². The highest BCUT2D eigenvalue weighted by Gasteiger charge is 2.00. The van der Waals surface area contributed by atoms with Crippen LogP contribution in [0.4, 0.5) is 0 Å². The number of aromatic nitrogens is 1. The highest BCUT2D eigenvalue weighted by Crippen LogP contribution is 2.21. The summed E-state index contributed by atoms with van der Waals surface area (Å²) >= 11 is 3.50. The first kappa shape index (κ1) is 12.4. The van der Waals surface area contributed by atoms with Crippen molar-refractivity contribution in [1.29, 1.82) is 0 Å². The number of aryl methyl sites for hydroxylation is 1. The third-order valence-corrected chi connectivity index (χ3v) is 3.53. The van der Waals surface area contributed by atoms with Crippen LogP contribution < -0.4 is 0 Å². The van der Waals surface area contributed by atoms with E-state index in [2.05, 4.69) is 57.5 Å². The van der Waals surface area contributed by atoms with Crippen molar-refractivity contribution in [1.82, 2.24) is 4.57 Å². The van der Waals surface area contributed by atoms with Gasteiger partial charge in [-0.2, -0.15) is 0 Å². The summed E-state index contributed by atoms with van der Waals surface area (Å²) in [5, 5.41) is 1.31. The normalized spacial score (nSPS) is 10.9. The molecule has 0 saturated heterocycles. The third kappa shape index (κ3) is 3.22. The van der Waals surface area contributed by atoms with Crippen LogP contribution in [0.1, 0.15) is 25.7 Å². The van der Waals surface area contributed by atoms with Crippen LogP contribution in [0.2, 0.25) is 0 Å². The molecule has 0 saturated carbocycles. The Bertz CT molecular complexity index is 499. The molecule has 0 radical (unpaired) electrons. The predicted molar refractivity (Wildman–Crippen MR) is 78.3 cm³/mol. The molecule has 0 unspecified atom stereocenters. The molecule has 90 valence electrons. The molecule has 0 aliphatic heterocycles. The summed E-state index contributed by atoms with van der Waals surface area (Å²) in [6, 6.07) is 8.65. The monoisotopic (exact) mass is 291 g/mol. The molecular weight excluding hydrogens is 274 g/mol. The topological polar surface area (TPSA) is 4.93 Å². The van der Waals surface area contributed by atoms with E-state index in [9.17, 15) is 0 Å². The summed E-state index contributed by atoms with van der Waals surface area (Å²) in [5.74, 6) is 0. The fourth-order valence-corrected chi connectivity index (χ4v) is 2.49. The predicted octanol–water partition coefficient (Wildman–Crippen LogP) is 5.15. The second-order valence-corrected chi connectivity index (χ2v) is 5.27. The molecule has 17 heavy (non-hydrogen) atoms. The lowest BCUT2D eigenvalue weighted by molar-refractivity contribution is 0.603. The standard InChI is InChI=1S/C15H18BrN/c1-2-3-4-5-6-10-17-11-9-13-12-14(16)7-8-15(13)17/h2,7-9,11-12H,1,3-6,10H2. The van der Waals surface area contributed by atoms with E-state index in [0.29, 0.717) is 0 Å². The van der Waals surface area contributed by atoms with Crippen LogP contribution in [-0.2, 0) is 6.54 Å². The molecule has 0 amide bonds. The van der Waals surface area contributed by atoms with Gasteiger partial charge < -0.3 is 4.57 Å². The fourth-order valence-electron chi connectivity index (χ4n) is 2.11. The number of nitrogens with zero attached hydrogens (tertiary/aromatic N) is 1. The number of fused-ring (bicyclic) bond motifs is 1. The van der Waals surface area contributed by atoms with Crippen LogP contribution in [0.15, 0.2) is 47.6 Å². The van der Waals surface area contributed by atoms with Crippen LogP contribution in [0, 0.1) is 0 Å². The lowest BCUT2D eigenvalue weighted by Gasteiger charge is -2.05. The van der Waals surface area contributed by atoms with Gasteiger partial charge in [0.05, 0.1) is 0 Å². The Morgan fingerprint density at radius 2 is 2.06 bits per heavy atom. The van der Waals surface area contributed by atoms with Crippen LogP contribution in [0.25, 0.3) is 10.9 Å². The number of hydrogen-bond acceptors (Lipinski definition) is 0. The van der Waals surface area contributed by atoms with Gasteiger partial charge in [0.25, 0.3) is 0 Å². The van der Waals surface area contributed by atoms with Crippen molar-refractivity contribution in [3.63, 3.8) is 0 Å². The minimum atomic E-state index is 1.11. The molecule has 2 heteroatoms. The fraction of sp³-hybridized carbons (Fsp3) is 0.333. The van der Waals surface area contributed by atoms with Crippen molar-refractivity contribution in [3.05, 3.63) is 47.6 Å². The van der Waals surface area contributed by atoms with Gasteiger partial charge in [0.15, 0.2) is 0 Å². The number of hydrogen-bond donors (Lipinski definition) is 0. The molecule has 1 aromatic carbocycles. The molecular formula is C15H18BrN. The molecule has 0 aliphatic rings. The van der Waals surface area contributed by atoms with E-state index in [-0.39, 0.29) is 0 Å². The molecule has 0 aliphatic carbocycles. The molecule has 0 fully saturated rings. The third-order valence-electron chi connectivity index (χ3n) is 3.04. The Kier molecular flexibility index (Phi) is 4.43. The molecule has 1 aromatic heterocycles. The van der Waals surface area contributed by atoms with Gasteiger partial charge in [0, 0.05) is 28.1 Å². The lowest BCUT2D eigenvalue weighted by Crippen LogP contribution is -1.95. The van der Waals surface area contributed by atoms with E-state index in [1.807, 2.05) is 6.08 Å². The van der Waals surface area contributed by atoms with Gasteiger partial charge in [-0.05, 0) is 43.5 Å². The maximum absolute atomic E-state index is 3.75. The molecule has 2 rings (SSSR count). The number of benzene rings is 1. The van der Waals surface area contributed by atoms with Crippen molar-refractivity contribution < 1.29 is 0 Å². The molecule has 0 N–H and O–H groups in total. The number of rotatable bonds is 6. The Labute approximate surface area is 111 Å². The minimum absolute atomic E-state index is 1.11. The highest BCUT2D eigenvalue weighted by atomic mass is 79.9. The van der Waals surface area contributed by atoms with E-state index < -0.39 is 0 Å². The molecule has 2 aromatic rings. The van der Waals surface area contributed by atoms with Crippen LogP contribution in [0.3, 0.4) is 0 Å². The SMILES string of the molecule is C=CCCCCCn1ccc2cc(Br)ccc21. The lowest BCUT2D eigenvalue weighted by atomic mass is 10.2. The first-order valence-electron chi connectivity index (χ1n) is 6.16. The zero-order valence-corrected chi connectivity index (χ0v) is 11.6. The van der Waals surface area contributed by atoms with Crippen LogP contribution in [0.5, 0.6) is 0 Å². The van der Waals surface area contributed by atoms with E-state index in [1.165, 1.54) is 30.2 Å². The zero-order chi connectivity index (χ0) is 12.1. The van der Waals surface area contributed by atoms with Crippen molar-refractivity contribution in [2.75, 3.05) is 0 Å². The molecule has 1 nitrogen and oxygen atoms in total. The Morgan fingerprint density at radius 3 is 2.88 bits per heavy atom. The number of unbranched alkanes of at least 4 members (excludes halogenated alkanes) is 3. The van der Waals surface area contributed by atoms with Gasteiger partial charge in [-0.15, -0.1) is 6.58 Å². The zero-order valence-electron chi connectivity index (χ0n) is 10.0. The van der Waals surface area contributed by atoms with Crippen LogP contribution >= 0.6 is 15.9 Å². The van der Waals surface area contributed by atoms with Crippen molar-refractivity contribution in [2.24, 2.45) is 0 Å². The van der Waals surface area contributed by atoms with E-state index in [1.54, 1.807) is 0 Å². The summed E-state index contributed by atoms with van der Waals surface area (Å²) in [5.41, 5.74) is 1.33. The first-order valence-corrected chi connectivity index (χ1v) is 6.96. The average Bonchev–Trinajstić information content (AvgIpc) is 2.71. The Morgan fingerprint density at radius 1 is 1.18 bits per heavy atom. The molecule has 0 spiro atoms. The second kappa shape index (κ2) is 6.06. The quantitative estimate of drug-likeness (QED) is 0.512. The summed E-state index contributed by atoms with van der Waals surface area (Å²) in [4.78, 5) is 0. The second-order valence-electron chi connectivity index (χ2n) is 4.35. The van der Waals surface area contributed by atoms with E-state index >= 15 is 0 Å². The summed E-state index contributed by atoms with van der Waals surface area (Å²) in [7, 11) is 0. The Hall–Kier alpha value is -1.02. The summed E-state index contributed by atoms with van der Waals surface area (Å²) in [6.45, 7) is 4.86. The molecule has 1 heterocycles. The maximum Gasteiger partial charge on any atom is 0.0481 e. The molecule has 0 atom stereocenters. The number of allylic oxidation sites excluding steroid dienone is 1. The number of halogens is 1. The van der Waals surface area contributed by atoms with Gasteiger partial charge in [0.2, 0.25) is 0 Å². The first-order chi connectivity index (χ1) is 8.31. The summed E-state index contributed by atoms with van der Waals surface area (Å²) < 4.78 is 3.49. The molecule has 0 bridgehead atoms. The maximum atomic E-state index is 3.75. The Balaban J connectivity index is 1.97. The van der Waals surface area contributed by atoms with Gasteiger partial charge in [-0.25, -0.2) is 0 Å². The van der Waals surface area contributed by atoms with Gasteiger partial charge in [-0.1, -0.05) is 28.4 Å². The van der Waals surface area contributed by atoms with Crippen molar-refractivity contribution >= 4 is 26.8 Å². The van der Waals surface area contributed by atoms with Crippen molar-refractivity contribution in [2.45, 2.75) is 32.2 Å².